The number of carbonyl (C=O) groups excluding carboxylic acids is 2. The van der Waals surface area contributed by atoms with Crippen molar-refractivity contribution in [2.24, 2.45) is 0 Å². The minimum Gasteiger partial charge on any atom is -0.507 e. The van der Waals surface area contributed by atoms with Crippen molar-refractivity contribution in [3.8, 4) is 5.75 Å². The highest BCUT2D eigenvalue weighted by molar-refractivity contribution is 5.96. The number of benzene rings is 2. The van der Waals surface area contributed by atoms with Gasteiger partial charge in [0.15, 0.2) is 0 Å². The number of halogens is 1. The second-order valence-electron chi connectivity index (χ2n) is 5.80. The molecule has 0 aromatic heterocycles. The van der Waals surface area contributed by atoms with E-state index in [1.807, 2.05) is 6.07 Å². The number of ether oxygens (including phenoxy) is 1. The van der Waals surface area contributed by atoms with E-state index in [-0.39, 0.29) is 25.1 Å². The number of carboxylic acid groups (broad SMARTS) is 1. The molecule has 9 heteroatoms. The van der Waals surface area contributed by atoms with Crippen LogP contribution in [0.15, 0.2) is 48.5 Å². The molecule has 8 nitrogen and oxygen atoms in total. The molecule has 0 aliphatic rings. The third-order valence-corrected chi connectivity index (χ3v) is 3.72. The lowest BCUT2D eigenvalue weighted by Gasteiger charge is -2.15. The standard InChI is InChI=1S/C19H19FN2O6/c20-13-6-7-16(23)14(10-13)17(24)21-9-8-15(18(25)26)22-19(27)28-11-12-4-2-1-3-5-12/h1-7,10,15,23H,8-9,11H2,(H,21,24)(H,22,27)(H,25,26). The molecule has 0 aliphatic carbocycles. The van der Waals surface area contributed by atoms with Crippen LogP contribution in [0, 0.1) is 5.82 Å². The Morgan fingerprint density at radius 3 is 2.50 bits per heavy atom. The zero-order valence-electron chi connectivity index (χ0n) is 14.7. The molecule has 2 amide bonds. The van der Waals surface area contributed by atoms with Crippen molar-refractivity contribution in [3.05, 3.63) is 65.5 Å². The van der Waals surface area contributed by atoms with Gasteiger partial charge in [0.1, 0.15) is 24.2 Å². The van der Waals surface area contributed by atoms with Gasteiger partial charge in [0.05, 0.1) is 5.56 Å². The number of phenolic OH excluding ortho intramolecular Hbond substituents is 1. The Labute approximate surface area is 159 Å². The number of hydrogen-bond donors (Lipinski definition) is 4. The first-order chi connectivity index (χ1) is 13.4. The summed E-state index contributed by atoms with van der Waals surface area (Å²) in [5.41, 5.74) is 0.466. The van der Waals surface area contributed by atoms with Crippen LogP contribution in [0.5, 0.6) is 5.75 Å². The van der Waals surface area contributed by atoms with E-state index in [2.05, 4.69) is 10.6 Å². The number of carboxylic acids is 1. The SMILES string of the molecule is O=C(NC(CCNC(=O)c1cc(F)ccc1O)C(=O)O)OCc1ccccc1. The second-order valence-corrected chi connectivity index (χ2v) is 5.80. The van der Waals surface area contributed by atoms with E-state index in [0.717, 1.165) is 23.8 Å². The van der Waals surface area contributed by atoms with Crippen molar-refractivity contribution in [1.82, 2.24) is 10.6 Å². The van der Waals surface area contributed by atoms with Crippen LogP contribution in [-0.2, 0) is 16.1 Å². The molecule has 2 aromatic rings. The van der Waals surface area contributed by atoms with Crippen LogP contribution in [0.1, 0.15) is 22.3 Å². The zero-order valence-corrected chi connectivity index (χ0v) is 14.7. The van der Waals surface area contributed by atoms with Crippen molar-refractivity contribution in [3.63, 3.8) is 0 Å². The Kier molecular flexibility index (Phi) is 7.32. The molecule has 0 radical (unpaired) electrons. The average molecular weight is 390 g/mol. The van der Waals surface area contributed by atoms with E-state index < -0.39 is 35.6 Å². The lowest BCUT2D eigenvalue weighted by Crippen LogP contribution is -2.43. The van der Waals surface area contributed by atoms with Gasteiger partial charge in [-0.3, -0.25) is 4.79 Å². The molecule has 1 atom stereocenters. The molecular formula is C19H19FN2O6. The normalized spacial score (nSPS) is 11.3. The molecule has 0 bridgehead atoms. The fourth-order valence-corrected chi connectivity index (χ4v) is 2.28. The molecule has 0 saturated heterocycles. The van der Waals surface area contributed by atoms with Crippen LogP contribution in [0.2, 0.25) is 0 Å². The molecule has 4 N–H and O–H groups in total. The van der Waals surface area contributed by atoms with Crippen LogP contribution in [0.3, 0.4) is 0 Å². The number of amides is 2. The first-order valence-corrected chi connectivity index (χ1v) is 8.33. The largest absolute Gasteiger partial charge is 0.507 e. The maximum absolute atomic E-state index is 13.2. The molecule has 0 spiro atoms. The van der Waals surface area contributed by atoms with Gasteiger partial charge >= 0.3 is 12.1 Å². The Balaban J connectivity index is 1.82. The van der Waals surface area contributed by atoms with Gasteiger partial charge in [-0.2, -0.15) is 0 Å². The fourth-order valence-electron chi connectivity index (χ4n) is 2.28. The first-order valence-electron chi connectivity index (χ1n) is 8.33. The van der Waals surface area contributed by atoms with Gasteiger partial charge < -0.3 is 25.6 Å². The number of carbonyl (C=O) groups is 3. The van der Waals surface area contributed by atoms with Crippen LogP contribution < -0.4 is 10.6 Å². The highest BCUT2D eigenvalue weighted by Gasteiger charge is 2.21. The summed E-state index contributed by atoms with van der Waals surface area (Å²) in [4.78, 5) is 35.0. The summed E-state index contributed by atoms with van der Waals surface area (Å²) in [5, 5.41) is 23.3. The maximum atomic E-state index is 13.2. The van der Waals surface area contributed by atoms with E-state index >= 15 is 0 Å². The van der Waals surface area contributed by atoms with Gasteiger partial charge in [-0.05, 0) is 30.2 Å². The first kappa shape index (κ1) is 20.7. The van der Waals surface area contributed by atoms with Gasteiger partial charge in [0.2, 0.25) is 0 Å². The van der Waals surface area contributed by atoms with Gasteiger partial charge in [-0.25, -0.2) is 14.0 Å². The van der Waals surface area contributed by atoms with Gasteiger partial charge in [-0.15, -0.1) is 0 Å². The van der Waals surface area contributed by atoms with E-state index in [0.29, 0.717) is 0 Å². The molecule has 148 valence electrons. The molecule has 0 saturated carbocycles. The molecule has 0 fully saturated rings. The monoisotopic (exact) mass is 390 g/mol. The fraction of sp³-hybridized carbons (Fsp3) is 0.211. The Morgan fingerprint density at radius 2 is 1.82 bits per heavy atom. The predicted octanol–water partition coefficient (Wildman–Crippen LogP) is 2.03. The molecule has 28 heavy (non-hydrogen) atoms. The Bertz CT molecular complexity index is 844. The number of hydrogen-bond acceptors (Lipinski definition) is 5. The smallest absolute Gasteiger partial charge is 0.408 e. The molecular weight excluding hydrogens is 371 g/mol. The molecule has 0 aliphatic heterocycles. The minimum atomic E-state index is -1.31. The molecule has 2 aromatic carbocycles. The van der Waals surface area contributed by atoms with Crippen LogP contribution in [-0.4, -0.2) is 40.8 Å². The van der Waals surface area contributed by atoms with E-state index in [1.54, 1.807) is 24.3 Å². The lowest BCUT2D eigenvalue weighted by molar-refractivity contribution is -0.139. The quantitative estimate of drug-likeness (QED) is 0.547. The summed E-state index contributed by atoms with van der Waals surface area (Å²) < 4.78 is 18.1. The highest BCUT2D eigenvalue weighted by Crippen LogP contribution is 2.17. The zero-order chi connectivity index (χ0) is 20.5. The number of alkyl carbamates (subject to hydrolysis) is 1. The van der Waals surface area contributed by atoms with Crippen LogP contribution in [0.4, 0.5) is 9.18 Å². The van der Waals surface area contributed by atoms with Gasteiger partial charge in [-0.1, -0.05) is 30.3 Å². The highest BCUT2D eigenvalue weighted by atomic mass is 19.1. The summed E-state index contributed by atoms with van der Waals surface area (Å²) >= 11 is 0. The summed E-state index contributed by atoms with van der Waals surface area (Å²) in [7, 11) is 0. The Hall–Kier alpha value is -3.62. The molecule has 2 rings (SSSR count). The number of aliphatic carboxylic acids is 1. The summed E-state index contributed by atoms with van der Waals surface area (Å²) in [5.74, 6) is -3.18. The van der Waals surface area contributed by atoms with E-state index in [9.17, 15) is 29.0 Å². The third kappa shape index (κ3) is 6.27. The average Bonchev–Trinajstić information content (AvgIpc) is 2.68. The second kappa shape index (κ2) is 9.91. The van der Waals surface area contributed by atoms with Crippen molar-refractivity contribution in [2.45, 2.75) is 19.1 Å². The number of phenols is 1. The van der Waals surface area contributed by atoms with Crippen molar-refractivity contribution < 1.29 is 33.7 Å². The summed E-state index contributed by atoms with van der Waals surface area (Å²) in [6.45, 7) is -0.153. The minimum absolute atomic E-state index is 0.0192. The van der Waals surface area contributed by atoms with E-state index in [1.165, 1.54) is 0 Å². The number of nitrogens with one attached hydrogen (secondary N) is 2. The lowest BCUT2D eigenvalue weighted by atomic mass is 10.1. The van der Waals surface area contributed by atoms with E-state index in [4.69, 9.17) is 4.74 Å². The third-order valence-electron chi connectivity index (χ3n) is 3.72. The number of rotatable bonds is 8. The molecule has 0 heterocycles. The Morgan fingerprint density at radius 1 is 1.11 bits per heavy atom. The van der Waals surface area contributed by atoms with Crippen molar-refractivity contribution in [1.29, 1.82) is 0 Å². The topological polar surface area (TPSA) is 125 Å². The van der Waals surface area contributed by atoms with Crippen molar-refractivity contribution in [2.75, 3.05) is 6.54 Å². The molecule has 1 unspecified atom stereocenters. The number of aromatic hydroxyl groups is 1. The summed E-state index contributed by atoms with van der Waals surface area (Å²) in [6, 6.07) is 10.4. The predicted molar refractivity (Wildman–Crippen MR) is 96.2 cm³/mol. The van der Waals surface area contributed by atoms with Crippen LogP contribution in [0.25, 0.3) is 0 Å². The maximum Gasteiger partial charge on any atom is 0.408 e. The van der Waals surface area contributed by atoms with Crippen molar-refractivity contribution >= 4 is 18.0 Å². The van der Waals surface area contributed by atoms with Gasteiger partial charge in [0.25, 0.3) is 5.91 Å². The van der Waals surface area contributed by atoms with Gasteiger partial charge in [0, 0.05) is 6.54 Å². The summed E-state index contributed by atoms with van der Waals surface area (Å²) in [6.07, 6.45) is -1.05. The van der Waals surface area contributed by atoms with Crippen LogP contribution >= 0.6 is 0 Å².